The van der Waals surface area contributed by atoms with Gasteiger partial charge in [0.25, 0.3) is 0 Å². The third-order valence-corrected chi connectivity index (χ3v) is 4.72. The zero-order valence-corrected chi connectivity index (χ0v) is 16.5. The molecular weight excluding hydrogens is 381 g/mol. The predicted octanol–water partition coefficient (Wildman–Crippen LogP) is 5.11. The molecule has 1 aromatic rings. The molecule has 29 heavy (non-hydrogen) atoms. The van der Waals surface area contributed by atoms with Crippen LogP contribution in [0.4, 0.5) is 13.2 Å². The van der Waals surface area contributed by atoms with Gasteiger partial charge in [-0.1, -0.05) is 31.2 Å². The summed E-state index contributed by atoms with van der Waals surface area (Å²) in [7, 11) is 0. The molecule has 1 aliphatic carbocycles. The molecule has 0 radical (unpaired) electrons. The topological polar surface area (TPSA) is 62.1 Å². The van der Waals surface area contributed by atoms with Gasteiger partial charge in [0.2, 0.25) is 0 Å². The molecule has 2 unspecified atom stereocenters. The Morgan fingerprint density at radius 1 is 1.34 bits per heavy atom. The highest BCUT2D eigenvalue weighted by molar-refractivity contribution is 5.91. The van der Waals surface area contributed by atoms with Crippen LogP contribution in [0.1, 0.15) is 44.2 Å². The van der Waals surface area contributed by atoms with Crippen LogP contribution in [0.25, 0.3) is 0 Å². The van der Waals surface area contributed by atoms with Gasteiger partial charge in [0, 0.05) is 23.7 Å². The van der Waals surface area contributed by atoms with Crippen molar-refractivity contribution < 1.29 is 22.7 Å². The van der Waals surface area contributed by atoms with Crippen molar-refractivity contribution in [3.63, 3.8) is 0 Å². The summed E-state index contributed by atoms with van der Waals surface area (Å²) >= 11 is 0. The molecule has 0 fully saturated rings. The van der Waals surface area contributed by atoms with Gasteiger partial charge < -0.3 is 10.1 Å². The Morgan fingerprint density at radius 3 is 2.55 bits per heavy atom. The second-order valence-electron chi connectivity index (χ2n) is 6.77. The van der Waals surface area contributed by atoms with E-state index in [0.29, 0.717) is 22.5 Å². The minimum Gasteiger partial charge on any atom is -0.463 e. The maximum Gasteiger partial charge on any atom is 0.395 e. The predicted molar refractivity (Wildman–Crippen MR) is 103 cm³/mol. The molecule has 0 spiro atoms. The van der Waals surface area contributed by atoms with Crippen LogP contribution in [0, 0.1) is 17.2 Å². The van der Waals surface area contributed by atoms with Gasteiger partial charge in [-0.05, 0) is 37.6 Å². The summed E-state index contributed by atoms with van der Waals surface area (Å²) < 4.78 is 44.3. The Hall–Kier alpha value is -3.01. The molecule has 2 atom stereocenters. The zero-order chi connectivity index (χ0) is 21.6. The number of nitrogens with one attached hydrogen (secondary N) is 1. The van der Waals surface area contributed by atoms with Crippen molar-refractivity contribution in [2.45, 2.75) is 39.3 Å². The van der Waals surface area contributed by atoms with Crippen molar-refractivity contribution in [1.82, 2.24) is 5.32 Å². The lowest BCUT2D eigenvalue weighted by Crippen LogP contribution is -2.27. The van der Waals surface area contributed by atoms with Crippen molar-refractivity contribution in [3.05, 3.63) is 70.6 Å². The van der Waals surface area contributed by atoms with Crippen LogP contribution in [-0.4, -0.2) is 18.8 Å². The van der Waals surface area contributed by atoms with Gasteiger partial charge in [-0.3, -0.25) is 0 Å². The van der Waals surface area contributed by atoms with Crippen molar-refractivity contribution in [2.24, 2.45) is 5.92 Å². The number of hydrogen-bond donors (Lipinski definition) is 1. The number of alkyl halides is 3. The van der Waals surface area contributed by atoms with E-state index in [-0.39, 0.29) is 18.9 Å². The fourth-order valence-corrected chi connectivity index (χ4v) is 3.18. The third kappa shape index (κ3) is 5.74. The Labute approximate surface area is 168 Å². The monoisotopic (exact) mass is 404 g/mol. The molecule has 7 heteroatoms. The fourth-order valence-electron chi connectivity index (χ4n) is 3.18. The number of allylic oxidation sites excluding steroid dienone is 5. The molecule has 0 amide bonds. The number of carbonyl (C=O) groups excluding carboxylic acids is 1. The molecule has 1 aromatic carbocycles. The lowest BCUT2D eigenvalue weighted by molar-refractivity contribution is -0.161. The first-order chi connectivity index (χ1) is 13.7. The molecule has 0 saturated carbocycles. The van der Waals surface area contributed by atoms with Crippen LogP contribution in [0.15, 0.2) is 59.5 Å². The molecule has 0 aliphatic heterocycles. The number of nitrogens with zero attached hydrogens (tertiary/aromatic N) is 1. The van der Waals surface area contributed by atoms with E-state index in [1.165, 1.54) is 6.08 Å². The van der Waals surface area contributed by atoms with Gasteiger partial charge in [0.15, 0.2) is 0 Å². The van der Waals surface area contributed by atoms with Crippen LogP contribution >= 0.6 is 0 Å². The summed E-state index contributed by atoms with van der Waals surface area (Å²) in [4.78, 5) is 12.6. The lowest BCUT2D eigenvalue weighted by Gasteiger charge is -2.24. The first kappa shape index (κ1) is 22.3. The zero-order valence-electron chi connectivity index (χ0n) is 16.5. The lowest BCUT2D eigenvalue weighted by atomic mass is 9.90. The molecular formula is C22H23F3N2O2. The Bertz CT molecular complexity index is 875. The summed E-state index contributed by atoms with van der Waals surface area (Å²) in [6.45, 7) is 5.32. The molecule has 154 valence electrons. The second-order valence-corrected chi connectivity index (χ2v) is 6.77. The summed E-state index contributed by atoms with van der Waals surface area (Å²) in [5.74, 6) is -2.48. The summed E-state index contributed by atoms with van der Waals surface area (Å²) in [5, 5.41) is 11.9. The van der Waals surface area contributed by atoms with Crippen LogP contribution in [0.2, 0.25) is 0 Å². The van der Waals surface area contributed by atoms with E-state index < -0.39 is 18.1 Å². The fraction of sp³-hybridized carbons (Fsp3) is 0.364. The highest BCUT2D eigenvalue weighted by Crippen LogP contribution is 2.34. The number of rotatable bonds is 6. The molecule has 0 bridgehead atoms. The van der Waals surface area contributed by atoms with Crippen LogP contribution in [-0.2, 0) is 9.53 Å². The average Bonchev–Trinajstić information content (AvgIpc) is 2.68. The third-order valence-electron chi connectivity index (χ3n) is 4.72. The van der Waals surface area contributed by atoms with Gasteiger partial charge in [-0.2, -0.15) is 18.4 Å². The Balaban J connectivity index is 2.33. The van der Waals surface area contributed by atoms with Crippen molar-refractivity contribution in [3.8, 4) is 6.07 Å². The van der Waals surface area contributed by atoms with E-state index >= 15 is 0 Å². The number of nitriles is 1. The number of esters is 1. The normalized spacial score (nSPS) is 18.2. The van der Waals surface area contributed by atoms with Crippen LogP contribution in [0.3, 0.4) is 0 Å². The first-order valence-electron chi connectivity index (χ1n) is 9.26. The SMILES string of the molecule is CCOC(=O)/C(=C(\C)NC1=CC=CC(C(F)(F)F)C1)C(C)c1ccc(C#N)cc1. The highest BCUT2D eigenvalue weighted by atomic mass is 19.4. The molecule has 0 heterocycles. The van der Waals surface area contributed by atoms with Crippen LogP contribution < -0.4 is 5.32 Å². The maximum atomic E-state index is 13.0. The minimum atomic E-state index is -4.32. The largest absolute Gasteiger partial charge is 0.463 e. The van der Waals surface area contributed by atoms with E-state index in [4.69, 9.17) is 10.00 Å². The van der Waals surface area contributed by atoms with Gasteiger partial charge >= 0.3 is 12.1 Å². The highest BCUT2D eigenvalue weighted by Gasteiger charge is 2.39. The summed E-state index contributed by atoms with van der Waals surface area (Å²) in [6.07, 6.45) is -0.490. The minimum absolute atomic E-state index is 0.178. The average molecular weight is 404 g/mol. The molecule has 0 saturated heterocycles. The summed E-state index contributed by atoms with van der Waals surface area (Å²) in [6, 6.07) is 8.84. The van der Waals surface area contributed by atoms with E-state index in [1.54, 1.807) is 44.2 Å². The number of benzene rings is 1. The summed E-state index contributed by atoms with van der Waals surface area (Å²) in [5.41, 5.74) is 2.42. The Kier molecular flexibility index (Phi) is 7.27. The van der Waals surface area contributed by atoms with Crippen molar-refractivity contribution >= 4 is 5.97 Å². The first-order valence-corrected chi connectivity index (χ1v) is 9.26. The van der Waals surface area contributed by atoms with Gasteiger partial charge in [-0.25, -0.2) is 4.79 Å². The number of carbonyl (C=O) groups is 1. The molecule has 4 nitrogen and oxygen atoms in total. The quantitative estimate of drug-likeness (QED) is 0.529. The maximum absolute atomic E-state index is 13.0. The number of hydrogen-bond acceptors (Lipinski definition) is 4. The molecule has 1 N–H and O–H groups in total. The standard InChI is InChI=1S/C22H23F3N2O2/c1-4-29-21(28)20(14(2)17-10-8-16(13-26)9-11-17)15(3)27-19-7-5-6-18(12-19)22(23,24)25/h5-11,14,18,27H,4,12H2,1-3H3/b20-15+. The smallest absolute Gasteiger partial charge is 0.395 e. The van der Waals surface area contributed by atoms with Gasteiger partial charge in [0.05, 0.1) is 29.7 Å². The van der Waals surface area contributed by atoms with E-state index in [0.717, 1.165) is 11.6 Å². The van der Waals surface area contributed by atoms with E-state index in [9.17, 15) is 18.0 Å². The van der Waals surface area contributed by atoms with Crippen molar-refractivity contribution in [2.75, 3.05) is 6.61 Å². The molecule has 0 aromatic heterocycles. The van der Waals surface area contributed by atoms with Crippen LogP contribution in [0.5, 0.6) is 0 Å². The second kappa shape index (κ2) is 9.46. The molecule has 2 rings (SSSR count). The van der Waals surface area contributed by atoms with E-state index in [2.05, 4.69) is 5.32 Å². The van der Waals surface area contributed by atoms with E-state index in [1.807, 2.05) is 13.0 Å². The Morgan fingerprint density at radius 2 is 2.00 bits per heavy atom. The number of halogens is 3. The van der Waals surface area contributed by atoms with Gasteiger partial charge in [0.1, 0.15) is 0 Å². The number of ether oxygens (including phenoxy) is 1. The van der Waals surface area contributed by atoms with Crippen molar-refractivity contribution in [1.29, 1.82) is 5.26 Å². The van der Waals surface area contributed by atoms with Gasteiger partial charge in [-0.15, -0.1) is 0 Å². The molecule has 1 aliphatic rings.